The van der Waals surface area contributed by atoms with E-state index in [1.165, 1.54) is 38.1 Å². The predicted octanol–water partition coefficient (Wildman–Crippen LogP) is 3.49. The third-order valence-corrected chi connectivity index (χ3v) is 7.40. The Morgan fingerprint density at radius 1 is 1.29 bits per heavy atom. The number of nitrogens with zero attached hydrogens (tertiary/aromatic N) is 3. The molecule has 0 spiro atoms. The molecule has 0 unspecified atom stereocenters. The van der Waals surface area contributed by atoms with Crippen LogP contribution in [0, 0.1) is 0 Å². The van der Waals surface area contributed by atoms with E-state index in [0.29, 0.717) is 17.8 Å². The summed E-state index contributed by atoms with van der Waals surface area (Å²) in [6.45, 7) is 5.62. The van der Waals surface area contributed by atoms with Crippen molar-refractivity contribution in [2.75, 3.05) is 33.3 Å². The molecular formula is C22H28N4O3S2. The maximum Gasteiger partial charge on any atom is 0.338 e. The van der Waals surface area contributed by atoms with E-state index in [1.807, 2.05) is 34.1 Å². The van der Waals surface area contributed by atoms with Crippen molar-refractivity contribution in [3.63, 3.8) is 0 Å². The van der Waals surface area contributed by atoms with Crippen LogP contribution in [0.1, 0.15) is 44.2 Å². The second kappa shape index (κ2) is 10.0. The number of nitrogens with one attached hydrogen (secondary N) is 1. The Kier molecular flexibility index (Phi) is 7.14. The number of thiophene rings is 1. The summed E-state index contributed by atoms with van der Waals surface area (Å²) >= 11 is 3.07. The second-order valence-electron chi connectivity index (χ2n) is 7.87. The Balaban J connectivity index is 1.46. The zero-order valence-electron chi connectivity index (χ0n) is 17.9. The molecule has 31 heavy (non-hydrogen) atoms. The highest BCUT2D eigenvalue weighted by Crippen LogP contribution is 2.45. The molecule has 0 saturated carbocycles. The minimum absolute atomic E-state index is 0.0138. The van der Waals surface area contributed by atoms with Crippen molar-refractivity contribution < 1.29 is 14.3 Å². The van der Waals surface area contributed by atoms with Gasteiger partial charge in [0, 0.05) is 18.8 Å². The highest BCUT2D eigenvalue weighted by Gasteiger charge is 2.41. The number of ether oxygens (including phenoxy) is 1. The molecule has 4 rings (SSSR count). The number of thioether (sulfide) groups is 1. The summed E-state index contributed by atoms with van der Waals surface area (Å²) in [6.07, 6.45) is 4.05. The molecule has 4 heterocycles. The number of esters is 1. The summed E-state index contributed by atoms with van der Waals surface area (Å²) in [5.74, 6) is -0.404. The quantitative estimate of drug-likeness (QED) is 0.628. The number of hydrogen-bond donors (Lipinski definition) is 1. The van der Waals surface area contributed by atoms with Gasteiger partial charge in [0.25, 0.3) is 0 Å². The lowest BCUT2D eigenvalue weighted by molar-refractivity contribution is -0.136. The van der Waals surface area contributed by atoms with Crippen LogP contribution in [-0.2, 0) is 14.3 Å². The van der Waals surface area contributed by atoms with Crippen LogP contribution in [0.15, 0.2) is 44.2 Å². The van der Waals surface area contributed by atoms with Gasteiger partial charge < -0.3 is 19.9 Å². The first-order valence-electron chi connectivity index (χ1n) is 10.6. The highest BCUT2D eigenvalue weighted by atomic mass is 32.2. The normalized spacial score (nSPS) is 21.5. The van der Waals surface area contributed by atoms with Crippen LogP contribution in [0.4, 0.5) is 0 Å². The smallest absolute Gasteiger partial charge is 0.338 e. The first-order valence-corrected chi connectivity index (χ1v) is 12.4. The molecule has 1 fully saturated rings. The maximum absolute atomic E-state index is 12.7. The third kappa shape index (κ3) is 4.88. The van der Waals surface area contributed by atoms with Gasteiger partial charge in [-0.1, -0.05) is 18.2 Å². The topological polar surface area (TPSA) is 74.2 Å². The number of likely N-dealkylation sites (tertiary alicyclic amines) is 1. The van der Waals surface area contributed by atoms with Crippen LogP contribution in [-0.4, -0.2) is 60.1 Å². The van der Waals surface area contributed by atoms with Crippen LogP contribution < -0.4 is 5.32 Å². The van der Waals surface area contributed by atoms with Gasteiger partial charge in [0.05, 0.1) is 30.8 Å². The maximum atomic E-state index is 12.7. The molecule has 3 aliphatic rings. The standard InChI is InChI=1S/C22H28N4O3S2/c1-15-19(21(28)29-2)20(16-6-11-30-13-16)26-17(14-31-22(26)24-15)12-18(27)23-7-10-25-8-4-3-5-9-25/h6,11,13-14,20H,3-5,7-10,12H2,1-2H3,(H,23,27)/t20-/m0/s1. The number of fused-ring (bicyclic) bond motifs is 1. The van der Waals surface area contributed by atoms with E-state index in [9.17, 15) is 9.59 Å². The SMILES string of the molecule is COC(=O)C1=C(C)N=C2SC=C(CC(=O)NCCN3CCCCC3)N2[C@H]1c1ccsc1. The zero-order chi connectivity index (χ0) is 21.8. The number of amidine groups is 1. The molecule has 7 nitrogen and oxygen atoms in total. The van der Waals surface area contributed by atoms with E-state index in [1.54, 1.807) is 11.3 Å². The molecule has 1 amide bonds. The average molecular weight is 461 g/mol. The monoisotopic (exact) mass is 460 g/mol. The molecule has 1 atom stereocenters. The van der Waals surface area contributed by atoms with Crippen molar-refractivity contribution in [3.05, 3.63) is 44.8 Å². The number of carbonyl (C=O) groups is 2. The molecule has 0 aromatic carbocycles. The lowest BCUT2D eigenvalue weighted by Crippen LogP contribution is -2.39. The van der Waals surface area contributed by atoms with E-state index < -0.39 is 5.97 Å². The lowest BCUT2D eigenvalue weighted by Gasteiger charge is -2.35. The molecule has 0 aliphatic carbocycles. The first kappa shape index (κ1) is 22.1. The molecule has 1 N–H and O–H groups in total. The molecule has 3 aliphatic heterocycles. The van der Waals surface area contributed by atoms with Gasteiger partial charge in [-0.3, -0.25) is 4.79 Å². The Morgan fingerprint density at radius 3 is 2.81 bits per heavy atom. The fourth-order valence-electron chi connectivity index (χ4n) is 4.25. The summed E-state index contributed by atoms with van der Waals surface area (Å²) in [5, 5.41) is 9.84. The van der Waals surface area contributed by atoms with E-state index in [0.717, 1.165) is 36.1 Å². The molecular weight excluding hydrogens is 432 g/mol. The molecule has 9 heteroatoms. The van der Waals surface area contributed by atoms with Crippen molar-refractivity contribution in [1.82, 2.24) is 15.1 Å². The Labute approximate surface area is 191 Å². The summed E-state index contributed by atoms with van der Waals surface area (Å²) in [4.78, 5) is 34.4. The van der Waals surface area contributed by atoms with Gasteiger partial charge in [0.1, 0.15) is 0 Å². The minimum Gasteiger partial charge on any atom is -0.466 e. The van der Waals surface area contributed by atoms with Gasteiger partial charge in [-0.05, 0) is 60.7 Å². The van der Waals surface area contributed by atoms with E-state index in [4.69, 9.17) is 4.74 Å². The molecule has 0 bridgehead atoms. The Hall–Kier alpha value is -2.10. The zero-order valence-corrected chi connectivity index (χ0v) is 19.6. The fourth-order valence-corrected chi connectivity index (χ4v) is 5.89. The average Bonchev–Trinajstić information content (AvgIpc) is 3.44. The van der Waals surface area contributed by atoms with E-state index in [-0.39, 0.29) is 18.4 Å². The van der Waals surface area contributed by atoms with Crippen LogP contribution in [0.3, 0.4) is 0 Å². The highest BCUT2D eigenvalue weighted by molar-refractivity contribution is 8.16. The second-order valence-corrected chi connectivity index (χ2v) is 9.49. The van der Waals surface area contributed by atoms with E-state index >= 15 is 0 Å². The number of aliphatic imine (C=N–C) groups is 1. The van der Waals surface area contributed by atoms with E-state index in [2.05, 4.69) is 15.2 Å². The summed E-state index contributed by atoms with van der Waals surface area (Å²) in [5.41, 5.74) is 3.02. The van der Waals surface area contributed by atoms with Crippen LogP contribution in [0.25, 0.3) is 0 Å². The number of piperidine rings is 1. The van der Waals surface area contributed by atoms with Gasteiger partial charge in [-0.2, -0.15) is 11.3 Å². The molecule has 1 saturated heterocycles. The fraction of sp³-hybridized carbons (Fsp3) is 0.500. The van der Waals surface area contributed by atoms with Gasteiger partial charge in [0.15, 0.2) is 5.17 Å². The van der Waals surface area contributed by atoms with Crippen LogP contribution >= 0.6 is 23.1 Å². The summed E-state index contributed by atoms with van der Waals surface area (Å²) in [7, 11) is 1.39. The summed E-state index contributed by atoms with van der Waals surface area (Å²) in [6, 6.07) is 1.67. The third-order valence-electron chi connectivity index (χ3n) is 5.81. The Bertz CT molecular complexity index is 917. The number of hydrogen-bond acceptors (Lipinski definition) is 8. The number of carbonyl (C=O) groups excluding carboxylic acids is 2. The lowest BCUT2D eigenvalue weighted by atomic mass is 9.96. The molecule has 1 aromatic heterocycles. The minimum atomic E-state index is -0.390. The van der Waals surface area contributed by atoms with Crippen molar-refractivity contribution in [3.8, 4) is 0 Å². The van der Waals surface area contributed by atoms with Crippen molar-refractivity contribution >= 4 is 40.1 Å². The van der Waals surface area contributed by atoms with Crippen molar-refractivity contribution in [1.29, 1.82) is 0 Å². The number of rotatable bonds is 7. The van der Waals surface area contributed by atoms with Crippen LogP contribution in [0.2, 0.25) is 0 Å². The number of amides is 1. The van der Waals surface area contributed by atoms with Crippen LogP contribution in [0.5, 0.6) is 0 Å². The first-order chi connectivity index (χ1) is 15.1. The van der Waals surface area contributed by atoms with Gasteiger partial charge in [0.2, 0.25) is 5.91 Å². The van der Waals surface area contributed by atoms with Crippen molar-refractivity contribution in [2.24, 2.45) is 4.99 Å². The van der Waals surface area contributed by atoms with Gasteiger partial charge in [-0.25, -0.2) is 9.79 Å². The number of methoxy groups -OCH3 is 1. The summed E-state index contributed by atoms with van der Waals surface area (Å²) < 4.78 is 5.06. The molecule has 0 radical (unpaired) electrons. The molecule has 1 aromatic rings. The predicted molar refractivity (Wildman–Crippen MR) is 125 cm³/mol. The molecule has 166 valence electrons. The Morgan fingerprint density at radius 2 is 2.10 bits per heavy atom. The largest absolute Gasteiger partial charge is 0.466 e. The van der Waals surface area contributed by atoms with Gasteiger partial charge >= 0.3 is 5.97 Å². The number of allylic oxidation sites excluding steroid dienone is 1. The van der Waals surface area contributed by atoms with Gasteiger partial charge in [-0.15, -0.1) is 0 Å². The van der Waals surface area contributed by atoms with Crippen molar-refractivity contribution in [2.45, 2.75) is 38.6 Å².